The molecule has 0 heterocycles. The van der Waals surface area contributed by atoms with Gasteiger partial charge in [-0.05, 0) is 43.7 Å². The molecule has 0 atom stereocenters. The normalized spacial score (nSPS) is 11.2. The molecule has 0 aliphatic carbocycles. The van der Waals surface area contributed by atoms with Crippen molar-refractivity contribution in [2.45, 2.75) is 18.2 Å². The molecule has 140 valence electrons. The lowest BCUT2D eigenvalue weighted by Crippen LogP contribution is -2.32. The highest BCUT2D eigenvalue weighted by molar-refractivity contribution is 7.89. The van der Waals surface area contributed by atoms with Gasteiger partial charge in [-0.1, -0.05) is 40.9 Å². The van der Waals surface area contributed by atoms with Gasteiger partial charge in [-0.15, -0.1) is 0 Å². The van der Waals surface area contributed by atoms with Gasteiger partial charge in [0.05, 0.1) is 14.9 Å². The Morgan fingerprint density at radius 1 is 1.00 bits per heavy atom. The molecule has 2 amide bonds. The van der Waals surface area contributed by atoms with Gasteiger partial charge >= 0.3 is 6.03 Å². The molecule has 26 heavy (non-hydrogen) atoms. The Labute approximate surface area is 162 Å². The summed E-state index contributed by atoms with van der Waals surface area (Å²) in [6, 6.07) is 10.9. The number of rotatable bonds is 7. The molecule has 6 nitrogen and oxygen atoms in total. The predicted octanol–water partition coefficient (Wildman–Crippen LogP) is 3.79. The van der Waals surface area contributed by atoms with E-state index in [0.29, 0.717) is 28.7 Å². The van der Waals surface area contributed by atoms with E-state index in [2.05, 4.69) is 15.4 Å². The van der Waals surface area contributed by atoms with Crippen LogP contribution >= 0.6 is 23.2 Å². The first-order valence-corrected chi connectivity index (χ1v) is 10.1. The SMILES string of the molecule is Cc1ccc(S(=O)(=O)NCCCNC(=O)Nc2ccc(Cl)c(Cl)c2)cc1. The minimum Gasteiger partial charge on any atom is -0.338 e. The second-order valence-corrected chi connectivity index (χ2v) is 8.16. The van der Waals surface area contributed by atoms with E-state index in [4.69, 9.17) is 23.2 Å². The Morgan fingerprint density at radius 2 is 1.69 bits per heavy atom. The Balaban J connectivity index is 1.72. The molecule has 0 aliphatic heterocycles. The number of sulfonamides is 1. The Bertz CT molecular complexity index is 871. The fraction of sp³-hybridized carbons (Fsp3) is 0.235. The van der Waals surface area contributed by atoms with Crippen LogP contribution in [0.2, 0.25) is 10.0 Å². The summed E-state index contributed by atoms with van der Waals surface area (Å²) in [4.78, 5) is 12.0. The number of nitrogens with one attached hydrogen (secondary N) is 3. The average Bonchev–Trinajstić information content (AvgIpc) is 2.58. The molecular formula is C17H19Cl2N3O3S. The number of hydrogen-bond acceptors (Lipinski definition) is 3. The maximum absolute atomic E-state index is 12.1. The van der Waals surface area contributed by atoms with Gasteiger partial charge in [0.1, 0.15) is 0 Å². The van der Waals surface area contributed by atoms with Gasteiger partial charge in [0.2, 0.25) is 10.0 Å². The van der Waals surface area contributed by atoms with Crippen LogP contribution in [0.15, 0.2) is 47.4 Å². The third kappa shape index (κ3) is 6.17. The molecule has 0 saturated heterocycles. The van der Waals surface area contributed by atoms with E-state index in [-0.39, 0.29) is 11.4 Å². The first-order valence-electron chi connectivity index (χ1n) is 7.84. The third-order valence-electron chi connectivity index (χ3n) is 3.44. The molecule has 9 heteroatoms. The summed E-state index contributed by atoms with van der Waals surface area (Å²) in [5.41, 5.74) is 1.50. The molecule has 0 spiro atoms. The number of aryl methyl sites for hydroxylation is 1. The Kier molecular flexibility index (Phi) is 7.28. The van der Waals surface area contributed by atoms with Crippen molar-refractivity contribution in [3.63, 3.8) is 0 Å². The van der Waals surface area contributed by atoms with Crippen molar-refractivity contribution in [1.82, 2.24) is 10.0 Å². The third-order valence-corrected chi connectivity index (χ3v) is 5.66. The fourth-order valence-corrected chi connectivity index (χ4v) is 3.42. The van der Waals surface area contributed by atoms with Gasteiger partial charge in [-0.3, -0.25) is 0 Å². The molecular weight excluding hydrogens is 397 g/mol. The van der Waals surface area contributed by atoms with Crippen LogP contribution in [0.1, 0.15) is 12.0 Å². The number of benzene rings is 2. The number of carbonyl (C=O) groups is 1. The summed E-state index contributed by atoms with van der Waals surface area (Å²) in [5.74, 6) is 0. The number of halogens is 2. The molecule has 0 aromatic heterocycles. The lowest BCUT2D eigenvalue weighted by atomic mass is 10.2. The molecule has 0 bridgehead atoms. The molecule has 0 saturated carbocycles. The van der Waals surface area contributed by atoms with Crippen molar-refractivity contribution in [2.75, 3.05) is 18.4 Å². The van der Waals surface area contributed by atoms with E-state index in [1.807, 2.05) is 6.92 Å². The molecule has 0 unspecified atom stereocenters. The van der Waals surface area contributed by atoms with Crippen molar-refractivity contribution in [1.29, 1.82) is 0 Å². The number of urea groups is 1. The van der Waals surface area contributed by atoms with E-state index in [1.54, 1.807) is 42.5 Å². The summed E-state index contributed by atoms with van der Waals surface area (Å²) in [6.45, 7) is 2.41. The van der Waals surface area contributed by atoms with Crippen LogP contribution in [0, 0.1) is 6.92 Å². The second kappa shape index (κ2) is 9.23. The zero-order valence-electron chi connectivity index (χ0n) is 14.1. The Morgan fingerprint density at radius 3 is 2.35 bits per heavy atom. The lowest BCUT2D eigenvalue weighted by molar-refractivity contribution is 0.252. The van der Waals surface area contributed by atoms with Crippen molar-refractivity contribution in [3.05, 3.63) is 58.1 Å². The lowest BCUT2D eigenvalue weighted by Gasteiger charge is -2.09. The minimum atomic E-state index is -3.54. The summed E-state index contributed by atoms with van der Waals surface area (Å²) in [7, 11) is -3.54. The molecule has 0 aliphatic rings. The smallest absolute Gasteiger partial charge is 0.319 e. The van der Waals surface area contributed by atoms with E-state index in [1.165, 1.54) is 0 Å². The monoisotopic (exact) mass is 415 g/mol. The standard InChI is InChI=1S/C17H19Cl2N3O3S/c1-12-3-6-14(7-4-12)26(24,25)21-10-2-9-20-17(23)22-13-5-8-15(18)16(19)11-13/h3-8,11,21H,2,9-10H2,1H3,(H2,20,22,23). The van der Waals surface area contributed by atoms with Crippen LogP contribution < -0.4 is 15.4 Å². The highest BCUT2D eigenvalue weighted by atomic mass is 35.5. The maximum Gasteiger partial charge on any atom is 0.319 e. The highest BCUT2D eigenvalue weighted by Crippen LogP contribution is 2.24. The zero-order chi connectivity index (χ0) is 19.2. The quantitative estimate of drug-likeness (QED) is 0.601. The van der Waals surface area contributed by atoms with Crippen molar-refractivity contribution < 1.29 is 13.2 Å². The average molecular weight is 416 g/mol. The largest absolute Gasteiger partial charge is 0.338 e. The number of hydrogen-bond donors (Lipinski definition) is 3. The van der Waals surface area contributed by atoms with Crippen LogP contribution in [0.5, 0.6) is 0 Å². The molecule has 2 rings (SSSR count). The first-order chi connectivity index (χ1) is 12.3. The summed E-state index contributed by atoms with van der Waals surface area (Å²) in [5, 5.41) is 6.00. The van der Waals surface area contributed by atoms with Crippen LogP contribution in [0.4, 0.5) is 10.5 Å². The van der Waals surface area contributed by atoms with Gasteiger partial charge in [-0.2, -0.15) is 0 Å². The van der Waals surface area contributed by atoms with E-state index < -0.39 is 16.1 Å². The van der Waals surface area contributed by atoms with Crippen molar-refractivity contribution in [2.24, 2.45) is 0 Å². The van der Waals surface area contributed by atoms with Crippen LogP contribution in [-0.2, 0) is 10.0 Å². The summed E-state index contributed by atoms with van der Waals surface area (Å²) in [6.07, 6.45) is 0.444. The van der Waals surface area contributed by atoms with E-state index in [9.17, 15) is 13.2 Å². The van der Waals surface area contributed by atoms with Gasteiger partial charge in [0, 0.05) is 18.8 Å². The second-order valence-electron chi connectivity index (χ2n) is 5.57. The molecule has 2 aromatic carbocycles. The number of carbonyl (C=O) groups excluding carboxylic acids is 1. The van der Waals surface area contributed by atoms with Crippen molar-refractivity contribution >= 4 is 44.9 Å². The Hall–Kier alpha value is -1.80. The summed E-state index contributed by atoms with van der Waals surface area (Å²) < 4.78 is 26.7. The van der Waals surface area contributed by atoms with Crippen LogP contribution in [0.25, 0.3) is 0 Å². The van der Waals surface area contributed by atoms with Gasteiger partial charge < -0.3 is 10.6 Å². The van der Waals surface area contributed by atoms with Crippen LogP contribution in [0.3, 0.4) is 0 Å². The molecule has 3 N–H and O–H groups in total. The molecule has 0 fully saturated rings. The zero-order valence-corrected chi connectivity index (χ0v) is 16.4. The van der Waals surface area contributed by atoms with E-state index >= 15 is 0 Å². The van der Waals surface area contributed by atoms with Gasteiger partial charge in [0.25, 0.3) is 0 Å². The van der Waals surface area contributed by atoms with Crippen LogP contribution in [-0.4, -0.2) is 27.5 Å². The minimum absolute atomic E-state index is 0.212. The predicted molar refractivity (Wildman–Crippen MR) is 104 cm³/mol. The van der Waals surface area contributed by atoms with Gasteiger partial charge in [0.15, 0.2) is 0 Å². The topological polar surface area (TPSA) is 87.3 Å². The fourth-order valence-electron chi connectivity index (χ4n) is 2.05. The van der Waals surface area contributed by atoms with Crippen molar-refractivity contribution in [3.8, 4) is 0 Å². The molecule has 2 aromatic rings. The van der Waals surface area contributed by atoms with Gasteiger partial charge in [-0.25, -0.2) is 17.9 Å². The van der Waals surface area contributed by atoms with E-state index in [0.717, 1.165) is 5.56 Å². The molecule has 0 radical (unpaired) electrons. The first kappa shape index (κ1) is 20.5. The number of amides is 2. The maximum atomic E-state index is 12.1. The summed E-state index contributed by atoms with van der Waals surface area (Å²) >= 11 is 11.7. The number of anilines is 1. The highest BCUT2D eigenvalue weighted by Gasteiger charge is 2.12.